The summed E-state index contributed by atoms with van der Waals surface area (Å²) in [5.74, 6) is -1.84. The highest BCUT2D eigenvalue weighted by Gasteiger charge is 2.27. The maximum Gasteiger partial charge on any atom is 0.405 e. The van der Waals surface area contributed by atoms with E-state index < -0.39 is 31.2 Å². The summed E-state index contributed by atoms with van der Waals surface area (Å²) in [7, 11) is 0. The van der Waals surface area contributed by atoms with E-state index >= 15 is 0 Å². The van der Waals surface area contributed by atoms with Gasteiger partial charge in [0.15, 0.2) is 6.61 Å². The van der Waals surface area contributed by atoms with Crippen molar-refractivity contribution >= 4 is 23.6 Å². The van der Waals surface area contributed by atoms with Crippen molar-refractivity contribution in [3.8, 4) is 0 Å². The van der Waals surface area contributed by atoms with E-state index in [9.17, 15) is 22.8 Å². The van der Waals surface area contributed by atoms with Crippen LogP contribution < -0.4 is 5.32 Å². The second-order valence-corrected chi connectivity index (χ2v) is 4.32. The molecule has 1 N–H and O–H groups in total. The van der Waals surface area contributed by atoms with Crippen LogP contribution in [0.4, 0.5) is 13.2 Å². The highest BCUT2D eigenvalue weighted by molar-refractivity contribution is 7.98. The zero-order valence-electron chi connectivity index (χ0n) is 10.4. The van der Waals surface area contributed by atoms with Crippen LogP contribution in [0.3, 0.4) is 0 Å². The molecule has 0 unspecified atom stereocenters. The van der Waals surface area contributed by atoms with Gasteiger partial charge in [0.1, 0.15) is 11.6 Å². The van der Waals surface area contributed by atoms with Crippen LogP contribution in [0.5, 0.6) is 0 Å². The Balaban J connectivity index is 2.49. The fraction of sp³-hybridized carbons (Fsp3) is 0.364. The van der Waals surface area contributed by atoms with Gasteiger partial charge in [-0.1, -0.05) is 0 Å². The normalized spacial score (nSPS) is 11.0. The lowest BCUT2D eigenvalue weighted by molar-refractivity contribution is -0.140. The largest absolute Gasteiger partial charge is 0.452 e. The molecule has 0 aliphatic heterocycles. The van der Waals surface area contributed by atoms with E-state index in [4.69, 9.17) is 0 Å². The number of nitrogens with one attached hydrogen (secondary N) is 1. The Hall–Kier alpha value is -1.77. The molecule has 1 aromatic heterocycles. The van der Waals surface area contributed by atoms with Crippen LogP contribution in [-0.2, 0) is 9.53 Å². The van der Waals surface area contributed by atoms with Crippen molar-refractivity contribution in [2.75, 3.05) is 19.4 Å². The van der Waals surface area contributed by atoms with Gasteiger partial charge in [0.2, 0.25) is 0 Å². The smallest absolute Gasteiger partial charge is 0.405 e. The number of esters is 1. The molecule has 0 atom stereocenters. The van der Waals surface area contributed by atoms with Crippen LogP contribution >= 0.6 is 11.8 Å². The van der Waals surface area contributed by atoms with Crippen molar-refractivity contribution in [2.24, 2.45) is 0 Å². The monoisotopic (exact) mass is 308 g/mol. The lowest BCUT2D eigenvalue weighted by Gasteiger charge is -2.09. The number of nitrogens with zero attached hydrogens (tertiary/aromatic N) is 1. The molecule has 110 valence electrons. The number of pyridine rings is 1. The number of halogens is 3. The highest BCUT2D eigenvalue weighted by Crippen LogP contribution is 2.17. The van der Waals surface area contributed by atoms with Crippen molar-refractivity contribution in [1.29, 1.82) is 0 Å². The number of carbonyl (C=O) groups is 2. The van der Waals surface area contributed by atoms with E-state index in [2.05, 4.69) is 9.72 Å². The van der Waals surface area contributed by atoms with Crippen LogP contribution in [0.2, 0.25) is 0 Å². The predicted molar refractivity (Wildman–Crippen MR) is 65.4 cm³/mol. The maximum atomic E-state index is 11.8. The summed E-state index contributed by atoms with van der Waals surface area (Å²) >= 11 is 1.21. The predicted octanol–water partition coefficient (Wildman–Crippen LogP) is 1.64. The summed E-state index contributed by atoms with van der Waals surface area (Å²) in [6.45, 7) is -2.25. The molecule has 1 heterocycles. The molecule has 0 radical (unpaired) electrons. The van der Waals surface area contributed by atoms with Gasteiger partial charge in [-0.25, -0.2) is 9.78 Å². The molecular formula is C11H11F3N2O3S. The second kappa shape index (κ2) is 7.13. The number of hydrogen-bond acceptors (Lipinski definition) is 5. The van der Waals surface area contributed by atoms with Gasteiger partial charge in [-0.05, 0) is 18.4 Å². The van der Waals surface area contributed by atoms with Crippen molar-refractivity contribution in [3.63, 3.8) is 0 Å². The zero-order chi connectivity index (χ0) is 15.2. The third kappa shape index (κ3) is 5.47. The van der Waals surface area contributed by atoms with Gasteiger partial charge in [0.05, 0.1) is 5.56 Å². The Kier molecular flexibility index (Phi) is 5.81. The van der Waals surface area contributed by atoms with Gasteiger partial charge < -0.3 is 10.1 Å². The molecule has 5 nitrogen and oxygen atoms in total. The van der Waals surface area contributed by atoms with Crippen LogP contribution in [-0.4, -0.2) is 42.4 Å². The number of alkyl halides is 3. The molecule has 0 fully saturated rings. The van der Waals surface area contributed by atoms with Gasteiger partial charge in [-0.3, -0.25) is 4.79 Å². The topological polar surface area (TPSA) is 68.3 Å². The van der Waals surface area contributed by atoms with Gasteiger partial charge in [0, 0.05) is 6.20 Å². The first-order valence-corrected chi connectivity index (χ1v) is 6.55. The fourth-order valence-electron chi connectivity index (χ4n) is 1.17. The van der Waals surface area contributed by atoms with E-state index in [1.165, 1.54) is 30.1 Å². The number of aromatic nitrogens is 1. The molecule has 1 amide bonds. The van der Waals surface area contributed by atoms with Crippen molar-refractivity contribution in [3.05, 3.63) is 23.9 Å². The molecule has 20 heavy (non-hydrogen) atoms. The summed E-state index contributed by atoms with van der Waals surface area (Å²) in [5.41, 5.74) is 0.156. The molecule has 0 saturated carbocycles. The standard InChI is InChI=1S/C11H11F3N2O3S/c1-20-9-7(3-2-4-15-9)10(18)19-5-8(17)16-6-11(12,13)14/h2-4H,5-6H2,1H3,(H,16,17). The van der Waals surface area contributed by atoms with Gasteiger partial charge in [0.25, 0.3) is 5.91 Å². The Bertz CT molecular complexity index is 494. The fourth-order valence-corrected chi connectivity index (χ4v) is 1.71. The lowest BCUT2D eigenvalue weighted by Crippen LogP contribution is -2.36. The zero-order valence-corrected chi connectivity index (χ0v) is 11.2. The summed E-state index contributed by atoms with van der Waals surface area (Å²) in [5, 5.41) is 2.01. The summed E-state index contributed by atoms with van der Waals surface area (Å²) < 4.78 is 40.2. The summed E-state index contributed by atoms with van der Waals surface area (Å²) in [4.78, 5) is 26.6. The van der Waals surface area contributed by atoms with Crippen LogP contribution in [0, 0.1) is 0 Å². The van der Waals surface area contributed by atoms with Crippen molar-refractivity contribution in [2.45, 2.75) is 11.2 Å². The molecule has 0 aromatic carbocycles. The average molecular weight is 308 g/mol. The van der Waals surface area contributed by atoms with Crippen LogP contribution in [0.15, 0.2) is 23.4 Å². The van der Waals surface area contributed by atoms with E-state index in [-0.39, 0.29) is 5.56 Å². The van der Waals surface area contributed by atoms with Gasteiger partial charge in [-0.2, -0.15) is 13.2 Å². The second-order valence-electron chi connectivity index (χ2n) is 3.53. The molecule has 1 aromatic rings. The maximum absolute atomic E-state index is 11.8. The van der Waals surface area contributed by atoms with Gasteiger partial charge >= 0.3 is 12.1 Å². The van der Waals surface area contributed by atoms with Crippen LogP contribution in [0.1, 0.15) is 10.4 Å². The first-order chi connectivity index (χ1) is 9.33. The van der Waals surface area contributed by atoms with Crippen molar-refractivity contribution < 1.29 is 27.5 Å². The molecule has 1 rings (SSSR count). The average Bonchev–Trinajstić information content (AvgIpc) is 2.41. The molecule has 0 spiro atoms. The number of amides is 1. The summed E-state index contributed by atoms with van der Waals surface area (Å²) in [6, 6.07) is 2.97. The van der Waals surface area contributed by atoms with E-state index in [0.29, 0.717) is 5.03 Å². The Morgan fingerprint density at radius 3 is 2.75 bits per heavy atom. The molecular weight excluding hydrogens is 297 g/mol. The Morgan fingerprint density at radius 2 is 2.15 bits per heavy atom. The minimum absolute atomic E-state index is 0.156. The quantitative estimate of drug-likeness (QED) is 0.661. The molecule has 0 bridgehead atoms. The molecule has 0 aliphatic rings. The first kappa shape index (κ1) is 16.3. The molecule has 0 saturated heterocycles. The number of hydrogen-bond donors (Lipinski definition) is 1. The minimum Gasteiger partial charge on any atom is -0.452 e. The van der Waals surface area contributed by atoms with E-state index in [0.717, 1.165) is 0 Å². The van der Waals surface area contributed by atoms with Gasteiger partial charge in [-0.15, -0.1) is 11.8 Å². The summed E-state index contributed by atoms with van der Waals surface area (Å²) in [6.07, 6.45) is -1.32. The number of thioether (sulfide) groups is 1. The number of ether oxygens (including phenoxy) is 1. The SMILES string of the molecule is CSc1ncccc1C(=O)OCC(=O)NCC(F)(F)F. The number of carbonyl (C=O) groups excluding carboxylic acids is 2. The Labute approximate surface area is 116 Å². The van der Waals surface area contributed by atoms with Crippen LogP contribution in [0.25, 0.3) is 0 Å². The third-order valence-corrected chi connectivity index (χ3v) is 2.72. The van der Waals surface area contributed by atoms with E-state index in [1.54, 1.807) is 11.6 Å². The lowest BCUT2D eigenvalue weighted by atomic mass is 10.3. The third-order valence-electron chi connectivity index (χ3n) is 2.00. The highest BCUT2D eigenvalue weighted by atomic mass is 32.2. The Morgan fingerprint density at radius 1 is 1.45 bits per heavy atom. The molecule has 0 aliphatic carbocycles. The number of rotatable bonds is 5. The minimum atomic E-state index is -4.50. The first-order valence-electron chi connectivity index (χ1n) is 5.33. The van der Waals surface area contributed by atoms with Crippen molar-refractivity contribution in [1.82, 2.24) is 10.3 Å². The molecule has 9 heteroatoms. The van der Waals surface area contributed by atoms with E-state index in [1.807, 2.05) is 0 Å².